The number of aliphatic hydroxyl groups excluding tert-OH is 3. The summed E-state index contributed by atoms with van der Waals surface area (Å²) >= 11 is 2.92. The second-order valence-corrected chi connectivity index (χ2v) is 35.0. The van der Waals surface area contributed by atoms with E-state index in [2.05, 4.69) is 35.9 Å². The smallest absolute Gasteiger partial charge is 0.410 e. The number of cyclic esters (lactones) is 1. The maximum absolute atomic E-state index is 14.2. The molecule has 4 aliphatic heterocycles. The van der Waals surface area contributed by atoms with E-state index in [0.29, 0.717) is 127 Å². The third kappa shape index (κ3) is 33.0. The predicted octanol–water partition coefficient (Wildman–Crippen LogP) is 9.92. The number of pyridine rings is 2. The van der Waals surface area contributed by atoms with Gasteiger partial charge in [-0.15, -0.1) is 0 Å². The summed E-state index contributed by atoms with van der Waals surface area (Å²) in [6.45, 7) is 15.6. The maximum atomic E-state index is 14.2. The number of aliphatic hydroxyl groups is 4. The Kier molecular flexibility index (Phi) is 45.4. The molecule has 8 heterocycles. The van der Waals surface area contributed by atoms with Crippen LogP contribution < -0.4 is 35.7 Å². The molecular weight excluding hydrogens is 1820 g/mol. The number of nitrogens with zero attached hydrogens (tertiary/aromatic N) is 7. The third-order valence-electron chi connectivity index (χ3n) is 23.1. The molecule has 11 rings (SSSR count). The molecule has 4 aromatic heterocycles. The van der Waals surface area contributed by atoms with E-state index in [1.165, 1.54) is 51.2 Å². The van der Waals surface area contributed by atoms with Crippen LogP contribution in [0.15, 0.2) is 94.2 Å². The van der Waals surface area contributed by atoms with E-state index in [1.54, 1.807) is 51.4 Å². The fraction of sp³-hybridized carbons (Fsp3) is 0.588. The third-order valence-corrected chi connectivity index (χ3v) is 24.2. The highest BCUT2D eigenvalue weighted by Crippen LogP contribution is 2.44. The summed E-state index contributed by atoms with van der Waals surface area (Å²) < 4.78 is 92.9. The molecule has 0 radical (unpaired) electrons. The van der Waals surface area contributed by atoms with Gasteiger partial charge in [-0.05, 0) is 201 Å². The zero-order valence-corrected chi connectivity index (χ0v) is 80.5. The lowest BCUT2D eigenvalue weighted by molar-refractivity contribution is -0.271. The largest absolute Gasteiger partial charge is 0.479 e. The number of carbonyl (C=O) groups excluding carboxylic acids is 5. The van der Waals surface area contributed by atoms with Crippen molar-refractivity contribution in [3.8, 4) is 51.2 Å². The van der Waals surface area contributed by atoms with E-state index in [9.17, 15) is 59.1 Å². The molecule has 3 aromatic carbocycles. The maximum Gasteiger partial charge on any atom is 0.410 e. The van der Waals surface area contributed by atoms with Crippen LogP contribution in [0.3, 0.4) is 0 Å². The number of nitrogens with one attached hydrogen (secondary N) is 3. The van der Waals surface area contributed by atoms with Gasteiger partial charge in [0.1, 0.15) is 43.9 Å². The Hall–Kier alpha value is -9.70. The van der Waals surface area contributed by atoms with Crippen molar-refractivity contribution >= 4 is 75.9 Å². The van der Waals surface area contributed by atoms with Gasteiger partial charge in [0.25, 0.3) is 11.5 Å². The van der Waals surface area contributed by atoms with E-state index in [1.807, 2.05) is 42.8 Å². The molecule has 0 spiro atoms. The first kappa shape index (κ1) is 108. The molecule has 0 aliphatic carbocycles. The Balaban J connectivity index is 0.449. The number of amides is 4. The van der Waals surface area contributed by atoms with Crippen molar-refractivity contribution in [3.63, 3.8) is 0 Å². The number of aliphatic carboxylic acids is 1. The summed E-state index contributed by atoms with van der Waals surface area (Å²) in [5.74, 6) is -2.81. The van der Waals surface area contributed by atoms with Gasteiger partial charge < -0.3 is 127 Å². The molecule has 0 bridgehead atoms. The number of hydrogen-bond donors (Lipinski definition) is 8. The van der Waals surface area contributed by atoms with Gasteiger partial charge in [-0.25, -0.2) is 39.3 Å². The van der Waals surface area contributed by atoms with Crippen molar-refractivity contribution in [2.24, 2.45) is 0 Å². The number of carboxylic acids is 1. The van der Waals surface area contributed by atoms with Gasteiger partial charge >= 0.3 is 18.0 Å². The molecular formula is C97H132N10O28S2. The monoisotopic (exact) mass is 1950 g/mol. The number of unbranched alkanes of at least 4 members (excludes halogenated alkanes) is 7. The van der Waals surface area contributed by atoms with Gasteiger partial charge in [0.2, 0.25) is 24.9 Å². The highest BCUT2D eigenvalue weighted by atomic mass is 32.2. The number of anilines is 1. The molecule has 38 nitrogen and oxygen atoms in total. The number of carboxylic acid groups (broad SMARTS) is 1. The molecule has 8 N–H and O–H groups in total. The highest BCUT2D eigenvalue weighted by molar-refractivity contribution is 7.98. The molecule has 0 unspecified atom stereocenters. The number of thioether (sulfide) groups is 2. The van der Waals surface area contributed by atoms with E-state index in [0.717, 1.165) is 164 Å². The Labute approximate surface area is 805 Å². The van der Waals surface area contributed by atoms with Crippen molar-refractivity contribution in [2.75, 3.05) is 176 Å². The predicted molar refractivity (Wildman–Crippen MR) is 506 cm³/mol. The normalized spacial score (nSPS) is 16.9. The Bertz CT molecular complexity index is 5010. The summed E-state index contributed by atoms with van der Waals surface area (Å²) in [6.07, 6.45) is 10.9. The number of fused-ring (bicyclic) bond motifs is 6. The fourth-order valence-electron chi connectivity index (χ4n) is 15.5. The average molecular weight is 1950 g/mol. The van der Waals surface area contributed by atoms with Gasteiger partial charge in [-0.3, -0.25) is 19.2 Å². The van der Waals surface area contributed by atoms with Crippen LogP contribution in [0.25, 0.3) is 44.8 Å². The SMILES string of the molecule is CC[C@@]1(O)C(=O)OCc2c1cc1n(c2=O)Cc2c-1nc1cc3c(cc1c2CCN(C(=O)OCc1ccc(O[C@@H]2O[C@H](C(=O)O)[C@@H](O)[C@H](O)[C@H]2O)c(NC(=O)COCCOCCNC(=O)CCOCCCCOCCCCOCCCCOCCCCOCCCCOCCCCOCCCCOCCCNC(=O)c2cc(-c4ccnc(SC)n4)cc(-c4ccnc(SC)n4)c2)c1)C(C)C)OCO3. The van der Waals surface area contributed by atoms with E-state index in [4.69, 9.17) is 80.8 Å². The molecule has 750 valence electrons. The molecule has 6 atom stereocenters. The lowest BCUT2D eigenvalue weighted by Gasteiger charge is -2.38. The standard InChI is InChI=1S/C97H132N10O28S2/c1-6-97(119)73-57-78-84-71(59-107(78)90(114)72(73)61-130-93(97)117)69(70-56-80-81(133-63-132-80)58-76(70)103-84)26-32-106(64(2)3)96(118)131-60-65-22-23-79(134-92-87(112)85(110)86(111)88(135-92)91(115)116)77(52-65)102-83(109)62-129-51-50-128-49-31-98-82(108)27-48-127-46-20-19-44-125-42-16-15-40-123-38-12-11-36-121-34-8-7-33-120-35-9-10-37-122-39-13-14-41-124-43-17-18-45-126-47-21-28-99-89(113)68-54-66(74-24-29-100-94(104-74)136-4)53-67(55-68)75-25-30-101-95(105-75)137-5/h22-25,29-30,52-58,64,85-88,92,110-112,119H,6-21,26-28,31-51,59-63H2,1-5H3,(H,98,108)(H,99,113)(H,102,109)(H,115,116)/t85-,86-,87+,88-,92+,97-/m0/s1. The summed E-state index contributed by atoms with van der Waals surface area (Å²) in [7, 11) is 0. The van der Waals surface area contributed by atoms with Crippen LogP contribution >= 0.6 is 23.5 Å². The quantitative estimate of drug-likeness (QED) is 0.00760. The van der Waals surface area contributed by atoms with Crippen LogP contribution in [0.4, 0.5) is 10.5 Å². The summed E-state index contributed by atoms with van der Waals surface area (Å²) in [6, 6.07) is 18.3. The van der Waals surface area contributed by atoms with Crippen LogP contribution in [-0.2, 0) is 113 Å². The Morgan fingerprint density at radius 3 is 1.65 bits per heavy atom. The fourth-order valence-corrected chi connectivity index (χ4v) is 16.2. The van der Waals surface area contributed by atoms with E-state index >= 15 is 0 Å². The summed E-state index contributed by atoms with van der Waals surface area (Å²) in [5.41, 5.74) is 4.45. The first-order valence-corrected chi connectivity index (χ1v) is 49.7. The molecule has 1 fully saturated rings. The molecule has 7 aromatic rings. The number of ether oxygens (including phenoxy) is 16. The Morgan fingerprint density at radius 2 is 1.11 bits per heavy atom. The Morgan fingerprint density at radius 1 is 0.577 bits per heavy atom. The lowest BCUT2D eigenvalue weighted by atomic mass is 9.86. The van der Waals surface area contributed by atoms with Crippen molar-refractivity contribution < 1.29 is 130 Å². The minimum Gasteiger partial charge on any atom is -0.479 e. The minimum atomic E-state index is -2.05. The van der Waals surface area contributed by atoms with Crippen molar-refractivity contribution in [1.82, 2.24) is 45.0 Å². The highest BCUT2D eigenvalue weighted by Gasteiger charge is 2.49. The summed E-state index contributed by atoms with van der Waals surface area (Å²) in [5, 5.41) is 63.4. The molecule has 1 saturated heterocycles. The molecule has 4 aliphatic rings. The number of rotatable bonds is 66. The minimum absolute atomic E-state index is 0.0101. The molecule has 0 saturated carbocycles. The summed E-state index contributed by atoms with van der Waals surface area (Å²) in [4.78, 5) is 117. The first-order valence-electron chi connectivity index (χ1n) is 47.3. The van der Waals surface area contributed by atoms with Crippen LogP contribution in [0.2, 0.25) is 0 Å². The van der Waals surface area contributed by atoms with Gasteiger partial charge in [-0.1, -0.05) is 36.5 Å². The second-order valence-electron chi connectivity index (χ2n) is 33.4. The van der Waals surface area contributed by atoms with Crippen molar-refractivity contribution in [3.05, 3.63) is 123 Å². The number of aromatic nitrogens is 6. The van der Waals surface area contributed by atoms with Gasteiger partial charge in [-0.2, -0.15) is 0 Å². The number of benzene rings is 3. The topological polar surface area (TPSA) is 477 Å². The molecule has 4 amide bonds. The average Bonchev–Trinajstić information content (AvgIpc) is 1.59. The molecule has 40 heteroatoms. The van der Waals surface area contributed by atoms with Crippen molar-refractivity contribution in [2.45, 2.75) is 209 Å². The van der Waals surface area contributed by atoms with Crippen LogP contribution in [-0.4, -0.2) is 303 Å². The number of carbonyl (C=O) groups is 6. The van der Waals surface area contributed by atoms with Crippen LogP contribution in [0.1, 0.15) is 168 Å². The second kappa shape index (κ2) is 57.8. The first-order chi connectivity index (χ1) is 66.7. The molecule has 137 heavy (non-hydrogen) atoms. The van der Waals surface area contributed by atoms with Crippen LogP contribution in [0.5, 0.6) is 17.2 Å². The van der Waals surface area contributed by atoms with Crippen molar-refractivity contribution in [1.29, 1.82) is 0 Å². The van der Waals surface area contributed by atoms with Gasteiger partial charge in [0.15, 0.2) is 33.5 Å². The number of esters is 1. The van der Waals surface area contributed by atoms with E-state index in [-0.39, 0.29) is 120 Å². The zero-order valence-electron chi connectivity index (χ0n) is 78.9. The number of hydrogen-bond acceptors (Lipinski definition) is 34. The van der Waals surface area contributed by atoms with E-state index < -0.39 is 78.5 Å². The van der Waals surface area contributed by atoms with Crippen LogP contribution in [0, 0.1) is 0 Å². The van der Waals surface area contributed by atoms with Gasteiger partial charge in [0.05, 0.1) is 72.5 Å². The zero-order chi connectivity index (χ0) is 97.1. The van der Waals surface area contributed by atoms with Gasteiger partial charge in [0, 0.05) is 183 Å². The lowest BCUT2D eigenvalue weighted by Crippen LogP contribution is -2.61.